The van der Waals surface area contributed by atoms with Crippen LogP contribution in [-0.4, -0.2) is 5.91 Å². The molecule has 0 radical (unpaired) electrons. The standard InChI is InChI=1S/C10H9F2NO/c1-5-2-9(14)13-8-4-6(11)3-7(12)10(5)8/h3-5H,2H2,1H3,(H,13,14). The molecule has 0 spiro atoms. The largest absolute Gasteiger partial charge is 0.326 e. The van der Waals surface area contributed by atoms with Crippen LogP contribution in [0.25, 0.3) is 0 Å². The average Bonchev–Trinajstić information content (AvgIpc) is 1.99. The maximum Gasteiger partial charge on any atom is 0.224 e. The van der Waals surface area contributed by atoms with E-state index in [1.807, 2.05) is 0 Å². The van der Waals surface area contributed by atoms with Crippen LogP contribution >= 0.6 is 0 Å². The fourth-order valence-corrected chi connectivity index (χ4v) is 1.77. The molecule has 1 N–H and O–H groups in total. The number of amides is 1. The van der Waals surface area contributed by atoms with Crippen LogP contribution in [0.1, 0.15) is 24.8 Å². The van der Waals surface area contributed by atoms with E-state index in [0.29, 0.717) is 5.56 Å². The van der Waals surface area contributed by atoms with Gasteiger partial charge in [0.15, 0.2) is 0 Å². The first kappa shape index (κ1) is 9.12. The highest BCUT2D eigenvalue weighted by atomic mass is 19.1. The summed E-state index contributed by atoms with van der Waals surface area (Å²) in [5.74, 6) is -1.66. The summed E-state index contributed by atoms with van der Waals surface area (Å²) in [6, 6.07) is 1.98. The van der Waals surface area contributed by atoms with E-state index >= 15 is 0 Å². The molecule has 4 heteroatoms. The Morgan fingerprint density at radius 2 is 2.14 bits per heavy atom. The van der Waals surface area contributed by atoms with Gasteiger partial charge in [0.1, 0.15) is 11.6 Å². The van der Waals surface area contributed by atoms with E-state index in [2.05, 4.69) is 5.32 Å². The number of benzene rings is 1. The van der Waals surface area contributed by atoms with Crippen LogP contribution in [0.3, 0.4) is 0 Å². The molecule has 1 atom stereocenters. The molecular formula is C10H9F2NO. The molecule has 74 valence electrons. The van der Waals surface area contributed by atoms with E-state index in [0.717, 1.165) is 12.1 Å². The van der Waals surface area contributed by atoms with E-state index in [-0.39, 0.29) is 23.9 Å². The summed E-state index contributed by atoms with van der Waals surface area (Å²) in [6.07, 6.45) is 0.246. The second-order valence-electron chi connectivity index (χ2n) is 3.50. The lowest BCUT2D eigenvalue weighted by Crippen LogP contribution is -2.22. The SMILES string of the molecule is CC1CC(=O)Nc2cc(F)cc(F)c21. The van der Waals surface area contributed by atoms with E-state index in [4.69, 9.17) is 0 Å². The molecule has 0 saturated heterocycles. The summed E-state index contributed by atoms with van der Waals surface area (Å²) in [5.41, 5.74) is 0.650. The number of nitrogens with one attached hydrogen (secondary N) is 1. The lowest BCUT2D eigenvalue weighted by Gasteiger charge is -2.22. The number of carbonyl (C=O) groups excluding carboxylic acids is 1. The zero-order chi connectivity index (χ0) is 10.3. The number of fused-ring (bicyclic) bond motifs is 1. The first-order valence-electron chi connectivity index (χ1n) is 4.36. The van der Waals surface area contributed by atoms with Crippen molar-refractivity contribution in [3.8, 4) is 0 Å². The maximum absolute atomic E-state index is 13.3. The first-order chi connectivity index (χ1) is 6.58. The van der Waals surface area contributed by atoms with Gasteiger partial charge >= 0.3 is 0 Å². The molecule has 1 amide bonds. The number of carbonyl (C=O) groups is 1. The number of rotatable bonds is 0. The van der Waals surface area contributed by atoms with Gasteiger partial charge in [-0.25, -0.2) is 8.78 Å². The number of anilines is 1. The lowest BCUT2D eigenvalue weighted by molar-refractivity contribution is -0.116. The molecule has 0 fully saturated rings. The highest BCUT2D eigenvalue weighted by Gasteiger charge is 2.25. The number of hydrogen-bond acceptors (Lipinski definition) is 1. The molecule has 1 aliphatic rings. The van der Waals surface area contributed by atoms with Crippen LogP contribution in [0.15, 0.2) is 12.1 Å². The third-order valence-electron chi connectivity index (χ3n) is 2.35. The minimum absolute atomic E-state index is 0.195. The second-order valence-corrected chi connectivity index (χ2v) is 3.50. The van der Waals surface area contributed by atoms with Gasteiger partial charge in [-0.15, -0.1) is 0 Å². The van der Waals surface area contributed by atoms with Gasteiger partial charge in [0.25, 0.3) is 0 Å². The van der Waals surface area contributed by atoms with Crippen molar-refractivity contribution in [3.05, 3.63) is 29.3 Å². The van der Waals surface area contributed by atoms with Crippen molar-refractivity contribution in [2.75, 3.05) is 5.32 Å². The van der Waals surface area contributed by atoms with Gasteiger partial charge in [0, 0.05) is 18.1 Å². The summed E-state index contributed by atoms with van der Waals surface area (Å²) in [4.78, 5) is 11.1. The fourth-order valence-electron chi connectivity index (χ4n) is 1.77. The van der Waals surface area contributed by atoms with Gasteiger partial charge in [-0.05, 0) is 12.0 Å². The third kappa shape index (κ3) is 1.36. The normalized spacial score (nSPS) is 20.2. The van der Waals surface area contributed by atoms with Gasteiger partial charge in [-0.3, -0.25) is 4.79 Å². The zero-order valence-electron chi connectivity index (χ0n) is 7.60. The van der Waals surface area contributed by atoms with E-state index < -0.39 is 11.6 Å². The predicted molar refractivity (Wildman–Crippen MR) is 48.0 cm³/mol. The Hall–Kier alpha value is -1.45. The Labute approximate surface area is 79.9 Å². The number of halogens is 2. The Morgan fingerprint density at radius 1 is 1.43 bits per heavy atom. The van der Waals surface area contributed by atoms with Crippen molar-refractivity contribution in [3.63, 3.8) is 0 Å². The van der Waals surface area contributed by atoms with Crippen molar-refractivity contribution >= 4 is 11.6 Å². The van der Waals surface area contributed by atoms with Crippen molar-refractivity contribution < 1.29 is 13.6 Å². The molecule has 1 aliphatic heterocycles. The second kappa shape index (κ2) is 3.04. The summed E-state index contributed by atoms with van der Waals surface area (Å²) in [6.45, 7) is 1.75. The van der Waals surface area contributed by atoms with Gasteiger partial charge in [-0.1, -0.05) is 6.92 Å². The Bertz CT molecular complexity index is 403. The Balaban J connectivity index is 2.58. The van der Waals surface area contributed by atoms with Gasteiger partial charge in [0.05, 0.1) is 5.69 Å². The summed E-state index contributed by atoms with van der Waals surface area (Å²) in [7, 11) is 0. The summed E-state index contributed by atoms with van der Waals surface area (Å²) >= 11 is 0. The van der Waals surface area contributed by atoms with Crippen molar-refractivity contribution in [2.24, 2.45) is 0 Å². The molecule has 2 nitrogen and oxygen atoms in total. The fraction of sp³-hybridized carbons (Fsp3) is 0.300. The molecule has 14 heavy (non-hydrogen) atoms. The minimum Gasteiger partial charge on any atom is -0.326 e. The van der Waals surface area contributed by atoms with Crippen LogP contribution in [0.2, 0.25) is 0 Å². The molecule has 1 aromatic rings. The third-order valence-corrected chi connectivity index (χ3v) is 2.35. The number of hydrogen-bond donors (Lipinski definition) is 1. The molecule has 0 aromatic heterocycles. The highest BCUT2D eigenvalue weighted by Crippen LogP contribution is 2.34. The smallest absolute Gasteiger partial charge is 0.224 e. The molecule has 1 unspecified atom stereocenters. The van der Waals surface area contributed by atoms with E-state index in [1.54, 1.807) is 6.92 Å². The predicted octanol–water partition coefficient (Wildman–Crippen LogP) is 2.41. The molecule has 2 rings (SSSR count). The molecule has 0 bridgehead atoms. The van der Waals surface area contributed by atoms with Gasteiger partial charge in [0.2, 0.25) is 5.91 Å². The van der Waals surface area contributed by atoms with Crippen LogP contribution in [0.4, 0.5) is 14.5 Å². The Morgan fingerprint density at radius 3 is 2.86 bits per heavy atom. The van der Waals surface area contributed by atoms with Crippen molar-refractivity contribution in [1.29, 1.82) is 0 Å². The van der Waals surface area contributed by atoms with Gasteiger partial charge < -0.3 is 5.32 Å². The summed E-state index contributed by atoms with van der Waals surface area (Å²) in [5, 5.41) is 2.45. The monoisotopic (exact) mass is 197 g/mol. The Kier molecular flexibility index (Phi) is 1.98. The molecule has 0 saturated carbocycles. The zero-order valence-corrected chi connectivity index (χ0v) is 7.60. The topological polar surface area (TPSA) is 29.1 Å². The van der Waals surface area contributed by atoms with Crippen LogP contribution in [0, 0.1) is 11.6 Å². The van der Waals surface area contributed by atoms with Crippen LogP contribution in [-0.2, 0) is 4.79 Å². The first-order valence-corrected chi connectivity index (χ1v) is 4.36. The minimum atomic E-state index is -0.671. The van der Waals surface area contributed by atoms with Crippen LogP contribution in [0.5, 0.6) is 0 Å². The maximum atomic E-state index is 13.3. The van der Waals surface area contributed by atoms with E-state index in [9.17, 15) is 13.6 Å². The average molecular weight is 197 g/mol. The van der Waals surface area contributed by atoms with Gasteiger partial charge in [-0.2, -0.15) is 0 Å². The summed E-state index contributed by atoms with van der Waals surface area (Å²) < 4.78 is 26.1. The quantitative estimate of drug-likeness (QED) is 0.679. The molecule has 1 heterocycles. The van der Waals surface area contributed by atoms with Crippen molar-refractivity contribution in [1.82, 2.24) is 0 Å². The molecule has 0 aliphatic carbocycles. The van der Waals surface area contributed by atoms with Crippen LogP contribution < -0.4 is 5.32 Å². The molecular weight excluding hydrogens is 188 g/mol. The van der Waals surface area contributed by atoms with Crippen molar-refractivity contribution in [2.45, 2.75) is 19.3 Å². The lowest BCUT2D eigenvalue weighted by atomic mass is 9.92. The molecule has 1 aromatic carbocycles. The highest BCUT2D eigenvalue weighted by molar-refractivity contribution is 5.94. The van der Waals surface area contributed by atoms with E-state index in [1.165, 1.54) is 0 Å².